The second-order valence-electron chi connectivity index (χ2n) is 2.65. The summed E-state index contributed by atoms with van der Waals surface area (Å²) < 4.78 is 0. The van der Waals surface area contributed by atoms with Crippen molar-refractivity contribution >= 4 is 10.8 Å². The molecule has 4 nitrogen and oxygen atoms in total. The summed E-state index contributed by atoms with van der Waals surface area (Å²) in [7, 11) is 2.00. The molecule has 0 amide bonds. The lowest BCUT2D eigenvalue weighted by molar-refractivity contribution is 0.399. The predicted molar refractivity (Wildman–Crippen MR) is 63.6 cm³/mol. The fourth-order valence-electron chi connectivity index (χ4n) is 1.24. The van der Waals surface area contributed by atoms with E-state index in [0.29, 0.717) is 5.39 Å². The van der Waals surface area contributed by atoms with E-state index in [4.69, 9.17) is 15.3 Å². The molecule has 2 aromatic carbocycles. The molecule has 0 bridgehead atoms. The average molecular weight is 224 g/mol. The van der Waals surface area contributed by atoms with Crippen molar-refractivity contribution in [2.45, 2.75) is 0 Å². The van der Waals surface area contributed by atoms with Crippen LogP contribution in [0.5, 0.6) is 11.5 Å². The molecule has 0 aliphatic rings. The van der Waals surface area contributed by atoms with Gasteiger partial charge in [0.05, 0.1) is 0 Å². The highest BCUT2D eigenvalue weighted by atomic mass is 16.3. The molecule has 0 saturated carbocycles. The molecule has 0 unspecified atom stereocenters. The number of aromatic hydroxyl groups is 2. The van der Waals surface area contributed by atoms with Gasteiger partial charge >= 0.3 is 0 Å². The van der Waals surface area contributed by atoms with Gasteiger partial charge in [-0.1, -0.05) is 30.3 Å². The fourth-order valence-corrected chi connectivity index (χ4v) is 1.24. The molecule has 0 heterocycles. The van der Waals surface area contributed by atoms with Crippen LogP contribution in [0.3, 0.4) is 0 Å². The van der Waals surface area contributed by atoms with E-state index in [-0.39, 0.29) is 11.5 Å². The van der Waals surface area contributed by atoms with Gasteiger partial charge in [-0.2, -0.15) is 0 Å². The normalized spacial score (nSPS) is 8.50. The Bertz CT molecular complexity index is 426. The summed E-state index contributed by atoms with van der Waals surface area (Å²) in [5.74, 6) is -0.123. The minimum atomic E-state index is -0.0753. The monoisotopic (exact) mass is 224 g/mol. The summed E-state index contributed by atoms with van der Waals surface area (Å²) >= 11 is 0. The standard InChI is InChI=1S/C10H8O2.2CH4O/c11-9-6-5-7-3-1-2-4-8(7)10(9)12;2*1-2/h1-6,11-12H;2*2H,1H3. The zero-order valence-corrected chi connectivity index (χ0v) is 9.25. The van der Waals surface area contributed by atoms with Crippen molar-refractivity contribution in [1.82, 2.24) is 0 Å². The molecule has 16 heavy (non-hydrogen) atoms. The lowest BCUT2D eigenvalue weighted by Crippen LogP contribution is -1.73. The molecule has 2 aromatic rings. The first-order valence-corrected chi connectivity index (χ1v) is 4.58. The SMILES string of the molecule is CO.CO.Oc1ccc2ccccc2c1O. The molecule has 2 rings (SSSR count). The Morgan fingerprint density at radius 1 is 0.750 bits per heavy atom. The van der Waals surface area contributed by atoms with E-state index in [2.05, 4.69) is 0 Å². The highest BCUT2D eigenvalue weighted by Gasteiger charge is 2.02. The molecule has 0 radical (unpaired) electrons. The molecular formula is C12H16O4. The summed E-state index contributed by atoms with van der Waals surface area (Å²) in [5.41, 5.74) is 0. The van der Waals surface area contributed by atoms with E-state index in [9.17, 15) is 5.11 Å². The largest absolute Gasteiger partial charge is 0.504 e. The van der Waals surface area contributed by atoms with Gasteiger partial charge in [0.15, 0.2) is 11.5 Å². The molecule has 88 valence electrons. The summed E-state index contributed by atoms with van der Waals surface area (Å²) in [6.07, 6.45) is 0. The van der Waals surface area contributed by atoms with Gasteiger partial charge in [0.25, 0.3) is 0 Å². The van der Waals surface area contributed by atoms with E-state index < -0.39 is 0 Å². The minimum Gasteiger partial charge on any atom is -0.504 e. The first kappa shape index (κ1) is 14.2. The van der Waals surface area contributed by atoms with Crippen LogP contribution in [0.4, 0.5) is 0 Å². The van der Waals surface area contributed by atoms with Crippen molar-refractivity contribution in [2.24, 2.45) is 0 Å². The Hall–Kier alpha value is -1.78. The second kappa shape index (κ2) is 7.50. The van der Waals surface area contributed by atoms with Crippen LogP contribution >= 0.6 is 0 Å². The maximum absolute atomic E-state index is 9.41. The first-order chi connectivity index (χ1) is 7.79. The fraction of sp³-hybridized carbons (Fsp3) is 0.167. The maximum atomic E-state index is 9.41. The van der Waals surface area contributed by atoms with Gasteiger partial charge in [-0.15, -0.1) is 0 Å². The number of hydrogen-bond donors (Lipinski definition) is 4. The summed E-state index contributed by atoms with van der Waals surface area (Å²) in [4.78, 5) is 0. The van der Waals surface area contributed by atoms with Crippen LogP contribution in [0, 0.1) is 0 Å². The molecule has 4 N–H and O–H groups in total. The van der Waals surface area contributed by atoms with Crippen LogP contribution in [0.25, 0.3) is 10.8 Å². The topological polar surface area (TPSA) is 80.9 Å². The molecule has 0 spiro atoms. The lowest BCUT2D eigenvalue weighted by Gasteiger charge is -2.01. The smallest absolute Gasteiger partial charge is 0.165 e. The number of aliphatic hydroxyl groups is 2. The van der Waals surface area contributed by atoms with Gasteiger partial charge in [0.1, 0.15) is 0 Å². The molecular weight excluding hydrogens is 208 g/mol. The van der Waals surface area contributed by atoms with Crippen molar-refractivity contribution in [3.05, 3.63) is 36.4 Å². The minimum absolute atomic E-state index is 0.0481. The maximum Gasteiger partial charge on any atom is 0.165 e. The Balaban J connectivity index is 0.000000509. The van der Waals surface area contributed by atoms with Gasteiger partial charge in [0, 0.05) is 19.6 Å². The molecule has 0 saturated heterocycles. The van der Waals surface area contributed by atoms with Gasteiger partial charge in [-0.25, -0.2) is 0 Å². The third-order valence-corrected chi connectivity index (χ3v) is 1.88. The van der Waals surface area contributed by atoms with Crippen molar-refractivity contribution < 1.29 is 20.4 Å². The molecule has 0 aromatic heterocycles. The number of phenolic OH excluding ortho intramolecular Hbond substituents is 2. The zero-order chi connectivity index (χ0) is 12.6. The Labute approximate surface area is 94.0 Å². The Morgan fingerprint density at radius 2 is 1.31 bits per heavy atom. The van der Waals surface area contributed by atoms with E-state index in [1.807, 2.05) is 18.2 Å². The Morgan fingerprint density at radius 3 is 1.94 bits per heavy atom. The summed E-state index contributed by atoms with van der Waals surface area (Å²) in [5, 5.41) is 34.2. The van der Waals surface area contributed by atoms with Crippen molar-refractivity contribution in [2.75, 3.05) is 14.2 Å². The van der Waals surface area contributed by atoms with Crippen LogP contribution < -0.4 is 0 Å². The number of rotatable bonds is 0. The van der Waals surface area contributed by atoms with Crippen LogP contribution in [-0.4, -0.2) is 34.6 Å². The van der Waals surface area contributed by atoms with E-state index in [1.165, 1.54) is 6.07 Å². The van der Waals surface area contributed by atoms with Gasteiger partial charge in [0.2, 0.25) is 0 Å². The van der Waals surface area contributed by atoms with Gasteiger partial charge in [-0.05, 0) is 11.5 Å². The van der Waals surface area contributed by atoms with E-state index in [1.54, 1.807) is 12.1 Å². The summed E-state index contributed by atoms with van der Waals surface area (Å²) in [6, 6.07) is 10.6. The lowest BCUT2D eigenvalue weighted by atomic mass is 10.1. The highest BCUT2D eigenvalue weighted by molar-refractivity contribution is 5.90. The van der Waals surface area contributed by atoms with Gasteiger partial charge in [-0.3, -0.25) is 0 Å². The third-order valence-electron chi connectivity index (χ3n) is 1.88. The van der Waals surface area contributed by atoms with E-state index >= 15 is 0 Å². The molecule has 4 heteroatoms. The highest BCUT2D eigenvalue weighted by Crippen LogP contribution is 2.32. The van der Waals surface area contributed by atoms with Crippen LogP contribution in [0.1, 0.15) is 0 Å². The number of fused-ring (bicyclic) bond motifs is 1. The molecule has 0 aliphatic heterocycles. The predicted octanol–water partition coefficient (Wildman–Crippen LogP) is 1.47. The first-order valence-electron chi connectivity index (χ1n) is 4.58. The average Bonchev–Trinajstić information content (AvgIpc) is 2.39. The second-order valence-corrected chi connectivity index (χ2v) is 2.65. The molecule has 0 atom stereocenters. The van der Waals surface area contributed by atoms with E-state index in [0.717, 1.165) is 19.6 Å². The van der Waals surface area contributed by atoms with Crippen LogP contribution in [0.15, 0.2) is 36.4 Å². The number of phenols is 2. The Kier molecular flexibility index (Phi) is 6.67. The quantitative estimate of drug-likeness (QED) is 0.511. The number of benzene rings is 2. The van der Waals surface area contributed by atoms with Crippen LogP contribution in [0.2, 0.25) is 0 Å². The van der Waals surface area contributed by atoms with Crippen molar-refractivity contribution in [3.63, 3.8) is 0 Å². The number of aliphatic hydroxyl groups excluding tert-OH is 2. The molecule has 0 fully saturated rings. The van der Waals surface area contributed by atoms with Crippen LogP contribution in [-0.2, 0) is 0 Å². The van der Waals surface area contributed by atoms with Crippen molar-refractivity contribution in [1.29, 1.82) is 0 Å². The zero-order valence-electron chi connectivity index (χ0n) is 9.25. The number of hydrogen-bond acceptors (Lipinski definition) is 4. The molecule has 0 aliphatic carbocycles. The van der Waals surface area contributed by atoms with Gasteiger partial charge < -0.3 is 20.4 Å². The summed E-state index contributed by atoms with van der Waals surface area (Å²) in [6.45, 7) is 0. The third kappa shape index (κ3) is 3.12. The van der Waals surface area contributed by atoms with Crippen molar-refractivity contribution in [3.8, 4) is 11.5 Å².